The van der Waals surface area contributed by atoms with E-state index in [-0.39, 0.29) is 5.78 Å². The highest BCUT2D eigenvalue weighted by Gasteiger charge is 2.23. The predicted octanol–water partition coefficient (Wildman–Crippen LogP) is 0.546. The highest BCUT2D eigenvalue weighted by atomic mass is 16.3. The molecule has 1 fully saturated rings. The molecule has 0 radical (unpaired) electrons. The van der Waals surface area contributed by atoms with Gasteiger partial charge in [0, 0.05) is 25.9 Å². The monoisotopic (exact) mass is 169 g/mol. The quantitative estimate of drug-likeness (QED) is 0.583. The molecule has 1 aliphatic rings. The fraction of sp³-hybridized carbons (Fsp3) is 0.667. The standard InChI is InChI=1S/C9H15NO2/c1-10(2)6-7-4-3-5-8(11)9(7)12/h6,8,11H,3-5H2,1-2H3. The smallest absolute Gasteiger partial charge is 0.188 e. The van der Waals surface area contributed by atoms with Gasteiger partial charge in [-0.05, 0) is 19.3 Å². The molecule has 0 aromatic rings. The van der Waals surface area contributed by atoms with E-state index in [9.17, 15) is 9.90 Å². The average Bonchev–Trinajstić information content (AvgIpc) is 1.98. The minimum atomic E-state index is -0.759. The normalized spacial score (nSPS) is 27.8. The Morgan fingerprint density at radius 3 is 2.83 bits per heavy atom. The van der Waals surface area contributed by atoms with Crippen molar-refractivity contribution >= 4 is 5.78 Å². The van der Waals surface area contributed by atoms with Crippen LogP contribution in [0.5, 0.6) is 0 Å². The number of nitrogens with zero attached hydrogens (tertiary/aromatic N) is 1. The summed E-state index contributed by atoms with van der Waals surface area (Å²) in [6, 6.07) is 0. The summed E-state index contributed by atoms with van der Waals surface area (Å²) in [7, 11) is 3.75. The van der Waals surface area contributed by atoms with Crippen LogP contribution in [0.4, 0.5) is 0 Å². The lowest BCUT2D eigenvalue weighted by Crippen LogP contribution is -2.27. The zero-order valence-corrected chi connectivity index (χ0v) is 7.58. The van der Waals surface area contributed by atoms with Gasteiger partial charge in [-0.3, -0.25) is 4.79 Å². The van der Waals surface area contributed by atoms with Crippen LogP contribution in [-0.2, 0) is 4.79 Å². The van der Waals surface area contributed by atoms with Gasteiger partial charge in [0.25, 0.3) is 0 Å². The molecule has 68 valence electrons. The van der Waals surface area contributed by atoms with Crippen LogP contribution in [-0.4, -0.2) is 36.0 Å². The number of ketones is 1. The molecule has 0 heterocycles. The minimum absolute atomic E-state index is 0.102. The molecular weight excluding hydrogens is 154 g/mol. The number of carbonyl (C=O) groups excluding carboxylic acids is 1. The van der Waals surface area contributed by atoms with Crippen LogP contribution in [0, 0.1) is 0 Å². The van der Waals surface area contributed by atoms with Gasteiger partial charge in [0.1, 0.15) is 6.10 Å². The lowest BCUT2D eigenvalue weighted by Gasteiger charge is -2.19. The van der Waals surface area contributed by atoms with E-state index >= 15 is 0 Å². The van der Waals surface area contributed by atoms with Crippen LogP contribution >= 0.6 is 0 Å². The highest BCUT2D eigenvalue weighted by molar-refractivity contribution is 5.99. The molecule has 0 spiro atoms. The summed E-state index contributed by atoms with van der Waals surface area (Å²) in [4.78, 5) is 13.2. The molecule has 1 unspecified atom stereocenters. The Labute approximate surface area is 72.7 Å². The highest BCUT2D eigenvalue weighted by Crippen LogP contribution is 2.20. The Morgan fingerprint density at radius 2 is 2.25 bits per heavy atom. The van der Waals surface area contributed by atoms with Gasteiger partial charge in [-0.15, -0.1) is 0 Å². The van der Waals surface area contributed by atoms with Crippen molar-refractivity contribution < 1.29 is 9.90 Å². The van der Waals surface area contributed by atoms with Gasteiger partial charge in [0.15, 0.2) is 5.78 Å². The van der Waals surface area contributed by atoms with Gasteiger partial charge in [-0.2, -0.15) is 0 Å². The first kappa shape index (κ1) is 9.26. The number of Topliss-reactive ketones (excluding diaryl/α,β-unsaturated/α-hetero) is 1. The molecule has 1 aliphatic carbocycles. The van der Waals surface area contributed by atoms with Gasteiger partial charge in [-0.1, -0.05) is 0 Å². The van der Waals surface area contributed by atoms with Gasteiger partial charge in [0.05, 0.1) is 0 Å². The first-order valence-electron chi connectivity index (χ1n) is 4.20. The Kier molecular flexibility index (Phi) is 2.87. The number of hydrogen-bond acceptors (Lipinski definition) is 3. The summed E-state index contributed by atoms with van der Waals surface area (Å²) in [6.45, 7) is 0. The Bertz CT molecular complexity index is 209. The summed E-state index contributed by atoms with van der Waals surface area (Å²) in [5.41, 5.74) is 0.749. The lowest BCUT2D eigenvalue weighted by molar-refractivity contribution is -0.125. The summed E-state index contributed by atoms with van der Waals surface area (Å²) in [6.07, 6.45) is 3.36. The van der Waals surface area contributed by atoms with Crippen LogP contribution < -0.4 is 0 Å². The molecule has 3 nitrogen and oxygen atoms in total. The van der Waals surface area contributed by atoms with E-state index in [1.165, 1.54) is 0 Å². The molecule has 0 saturated heterocycles. The lowest BCUT2D eigenvalue weighted by atomic mass is 9.92. The molecule has 1 N–H and O–H groups in total. The van der Waals surface area contributed by atoms with E-state index in [0.29, 0.717) is 6.42 Å². The molecule has 3 heteroatoms. The maximum atomic E-state index is 11.3. The minimum Gasteiger partial charge on any atom is -0.385 e. The van der Waals surface area contributed by atoms with Gasteiger partial charge in [-0.25, -0.2) is 0 Å². The Hall–Kier alpha value is -0.830. The van der Waals surface area contributed by atoms with E-state index in [1.54, 1.807) is 6.20 Å². The third-order valence-corrected chi connectivity index (χ3v) is 1.96. The van der Waals surface area contributed by atoms with Crippen molar-refractivity contribution in [2.24, 2.45) is 0 Å². The number of carbonyl (C=O) groups is 1. The van der Waals surface area contributed by atoms with Crippen LogP contribution in [0.2, 0.25) is 0 Å². The second kappa shape index (κ2) is 3.72. The maximum absolute atomic E-state index is 11.3. The molecule has 12 heavy (non-hydrogen) atoms. The Balaban J connectivity index is 2.70. The molecule has 0 aromatic heterocycles. The van der Waals surface area contributed by atoms with Crippen molar-refractivity contribution in [1.29, 1.82) is 0 Å². The molecule has 1 atom stereocenters. The van der Waals surface area contributed by atoms with Crippen molar-refractivity contribution in [3.05, 3.63) is 11.8 Å². The van der Waals surface area contributed by atoms with Gasteiger partial charge < -0.3 is 10.0 Å². The number of aliphatic hydroxyl groups excluding tert-OH is 1. The molecule has 0 bridgehead atoms. The van der Waals surface area contributed by atoms with E-state index < -0.39 is 6.10 Å². The van der Waals surface area contributed by atoms with Crippen LogP contribution in [0.25, 0.3) is 0 Å². The second-order valence-electron chi connectivity index (χ2n) is 3.39. The third kappa shape index (κ3) is 2.08. The fourth-order valence-electron chi connectivity index (χ4n) is 1.39. The zero-order chi connectivity index (χ0) is 9.14. The molecule has 0 aliphatic heterocycles. The summed E-state index contributed by atoms with van der Waals surface area (Å²) in [5.74, 6) is -0.102. The number of rotatable bonds is 1. The largest absolute Gasteiger partial charge is 0.385 e. The summed E-state index contributed by atoms with van der Waals surface area (Å²) in [5, 5.41) is 9.25. The van der Waals surface area contributed by atoms with Gasteiger partial charge >= 0.3 is 0 Å². The summed E-state index contributed by atoms with van der Waals surface area (Å²) < 4.78 is 0. The SMILES string of the molecule is CN(C)C=C1CCCC(O)C1=O. The van der Waals surface area contributed by atoms with Crippen LogP contribution in [0.3, 0.4) is 0 Å². The topological polar surface area (TPSA) is 40.5 Å². The molecular formula is C9H15NO2. The zero-order valence-electron chi connectivity index (χ0n) is 7.58. The second-order valence-corrected chi connectivity index (χ2v) is 3.39. The van der Waals surface area contributed by atoms with Crippen LogP contribution in [0.1, 0.15) is 19.3 Å². The Morgan fingerprint density at radius 1 is 1.58 bits per heavy atom. The van der Waals surface area contributed by atoms with E-state index in [2.05, 4.69) is 0 Å². The van der Waals surface area contributed by atoms with Crippen molar-refractivity contribution in [2.75, 3.05) is 14.1 Å². The molecule has 0 amide bonds. The van der Waals surface area contributed by atoms with E-state index in [4.69, 9.17) is 0 Å². The first-order valence-corrected chi connectivity index (χ1v) is 4.20. The third-order valence-electron chi connectivity index (χ3n) is 1.96. The fourth-order valence-corrected chi connectivity index (χ4v) is 1.39. The van der Waals surface area contributed by atoms with Crippen molar-refractivity contribution in [3.63, 3.8) is 0 Å². The van der Waals surface area contributed by atoms with Crippen molar-refractivity contribution in [2.45, 2.75) is 25.4 Å². The summed E-state index contributed by atoms with van der Waals surface area (Å²) >= 11 is 0. The van der Waals surface area contributed by atoms with Gasteiger partial charge in [0.2, 0.25) is 0 Å². The van der Waals surface area contributed by atoms with E-state index in [1.807, 2.05) is 19.0 Å². The van der Waals surface area contributed by atoms with Crippen molar-refractivity contribution in [1.82, 2.24) is 4.90 Å². The number of aliphatic hydroxyl groups is 1. The first-order chi connectivity index (χ1) is 5.61. The predicted molar refractivity (Wildman–Crippen MR) is 46.6 cm³/mol. The molecule has 0 aromatic carbocycles. The molecule has 1 rings (SSSR count). The maximum Gasteiger partial charge on any atom is 0.188 e. The average molecular weight is 169 g/mol. The van der Waals surface area contributed by atoms with Crippen LogP contribution in [0.15, 0.2) is 11.8 Å². The molecule has 1 saturated carbocycles. The van der Waals surface area contributed by atoms with Crippen molar-refractivity contribution in [3.8, 4) is 0 Å². The number of hydrogen-bond donors (Lipinski definition) is 1. The van der Waals surface area contributed by atoms with E-state index in [0.717, 1.165) is 18.4 Å².